The summed E-state index contributed by atoms with van der Waals surface area (Å²) in [7, 11) is 1.54. The lowest BCUT2D eigenvalue weighted by Crippen LogP contribution is -2.44. The van der Waals surface area contributed by atoms with E-state index in [-0.39, 0.29) is 11.7 Å². The van der Waals surface area contributed by atoms with Crippen molar-refractivity contribution in [3.05, 3.63) is 53.9 Å². The average molecular weight is 367 g/mol. The molecule has 6 heteroatoms. The summed E-state index contributed by atoms with van der Waals surface area (Å²) in [5, 5.41) is 10.2. The van der Waals surface area contributed by atoms with Gasteiger partial charge in [-0.3, -0.25) is 14.7 Å². The standard InChI is InChI=1S/C21H25N3O3/c1-27-18-7-8-19(20(25)10-18)21(26)24-12-15-5-6-17(14-24)23(11-15)13-16-4-2-3-9-22-16/h2-4,7-10,15,17,25H,5-6,11-14H2,1H3/t15-,17-/m0/s1. The average Bonchev–Trinajstić information content (AvgIpc) is 3.00. The SMILES string of the molecule is COc1ccc(C(=O)N2C[C@H]3CC[C@@H](C2)N(Cc2ccccn2)C3)c(O)c1. The smallest absolute Gasteiger partial charge is 0.257 e. The fourth-order valence-corrected chi connectivity index (χ4v) is 4.23. The van der Waals surface area contributed by atoms with Gasteiger partial charge in [0.2, 0.25) is 0 Å². The summed E-state index contributed by atoms with van der Waals surface area (Å²) >= 11 is 0. The summed E-state index contributed by atoms with van der Waals surface area (Å²) in [4.78, 5) is 21.9. The molecule has 3 aliphatic heterocycles. The molecular weight excluding hydrogens is 342 g/mol. The highest BCUT2D eigenvalue weighted by atomic mass is 16.5. The first-order valence-electron chi connectivity index (χ1n) is 9.44. The summed E-state index contributed by atoms with van der Waals surface area (Å²) in [5.41, 5.74) is 1.41. The highest BCUT2D eigenvalue weighted by Gasteiger charge is 2.37. The van der Waals surface area contributed by atoms with Gasteiger partial charge in [0, 0.05) is 44.5 Å². The Hall–Kier alpha value is -2.60. The Kier molecular flexibility index (Phi) is 4.99. The predicted molar refractivity (Wildman–Crippen MR) is 102 cm³/mol. The minimum Gasteiger partial charge on any atom is -0.507 e. The van der Waals surface area contributed by atoms with E-state index in [1.54, 1.807) is 19.2 Å². The van der Waals surface area contributed by atoms with Crippen LogP contribution in [0.4, 0.5) is 0 Å². The Bertz CT molecular complexity index is 812. The summed E-state index contributed by atoms with van der Waals surface area (Å²) in [6.07, 6.45) is 4.06. The van der Waals surface area contributed by atoms with Crippen molar-refractivity contribution in [2.75, 3.05) is 26.7 Å². The van der Waals surface area contributed by atoms with Gasteiger partial charge in [0.1, 0.15) is 11.5 Å². The van der Waals surface area contributed by atoms with E-state index in [0.717, 1.165) is 38.2 Å². The van der Waals surface area contributed by atoms with Crippen LogP contribution in [0, 0.1) is 5.92 Å². The van der Waals surface area contributed by atoms with Crippen molar-refractivity contribution < 1.29 is 14.6 Å². The third kappa shape index (κ3) is 3.76. The quantitative estimate of drug-likeness (QED) is 0.900. The number of hydrogen-bond donors (Lipinski definition) is 1. The number of aromatic hydroxyl groups is 1. The first-order chi connectivity index (χ1) is 13.1. The van der Waals surface area contributed by atoms with Crippen molar-refractivity contribution in [3.8, 4) is 11.5 Å². The van der Waals surface area contributed by atoms with Crippen LogP contribution in [-0.4, -0.2) is 58.6 Å². The van der Waals surface area contributed by atoms with E-state index in [4.69, 9.17) is 4.74 Å². The van der Waals surface area contributed by atoms with Gasteiger partial charge in [0.15, 0.2) is 0 Å². The first-order valence-corrected chi connectivity index (χ1v) is 9.44. The monoisotopic (exact) mass is 367 g/mol. The van der Waals surface area contributed by atoms with Crippen LogP contribution in [0.5, 0.6) is 11.5 Å². The number of pyridine rings is 1. The molecule has 0 aliphatic carbocycles. The molecule has 142 valence electrons. The highest BCUT2D eigenvalue weighted by Crippen LogP contribution is 2.31. The molecule has 0 spiro atoms. The zero-order chi connectivity index (χ0) is 18.8. The first kappa shape index (κ1) is 17.8. The van der Waals surface area contributed by atoms with E-state index in [1.165, 1.54) is 6.07 Å². The molecule has 3 aliphatic rings. The molecule has 2 aromatic rings. The number of benzene rings is 1. The minimum absolute atomic E-state index is 0.0266. The highest BCUT2D eigenvalue weighted by molar-refractivity contribution is 5.97. The number of carbonyl (C=O) groups is 1. The Morgan fingerprint density at radius 3 is 2.85 bits per heavy atom. The van der Waals surface area contributed by atoms with E-state index in [2.05, 4.69) is 16.0 Å². The fraction of sp³-hybridized carbons (Fsp3) is 0.429. The molecule has 0 unspecified atom stereocenters. The van der Waals surface area contributed by atoms with Gasteiger partial charge in [-0.05, 0) is 43.0 Å². The maximum atomic E-state index is 13.1. The predicted octanol–water partition coefficient (Wildman–Crippen LogP) is 2.53. The summed E-state index contributed by atoms with van der Waals surface area (Å²) in [5.74, 6) is 0.867. The third-order valence-corrected chi connectivity index (χ3v) is 5.64. The number of aromatic nitrogens is 1. The van der Waals surface area contributed by atoms with Crippen LogP contribution in [0.15, 0.2) is 42.6 Å². The van der Waals surface area contributed by atoms with E-state index in [9.17, 15) is 9.90 Å². The Labute approximate surface area is 159 Å². The summed E-state index contributed by atoms with van der Waals surface area (Å²) in [6.45, 7) is 3.23. The van der Waals surface area contributed by atoms with Gasteiger partial charge in [-0.15, -0.1) is 0 Å². The zero-order valence-corrected chi connectivity index (χ0v) is 15.5. The van der Waals surface area contributed by atoms with Crippen molar-refractivity contribution in [3.63, 3.8) is 0 Å². The number of rotatable bonds is 4. The van der Waals surface area contributed by atoms with Crippen LogP contribution in [0.1, 0.15) is 28.9 Å². The number of carbonyl (C=O) groups excluding carboxylic acids is 1. The Morgan fingerprint density at radius 1 is 1.22 bits per heavy atom. The molecule has 27 heavy (non-hydrogen) atoms. The molecule has 0 radical (unpaired) electrons. The zero-order valence-electron chi connectivity index (χ0n) is 15.5. The van der Waals surface area contributed by atoms with Gasteiger partial charge in [0.05, 0.1) is 18.4 Å². The lowest BCUT2D eigenvalue weighted by atomic mass is 9.95. The van der Waals surface area contributed by atoms with Crippen LogP contribution in [-0.2, 0) is 6.54 Å². The number of hydrogen-bond acceptors (Lipinski definition) is 5. The molecule has 1 aromatic carbocycles. The number of fused-ring (bicyclic) bond motifs is 4. The lowest BCUT2D eigenvalue weighted by molar-refractivity contribution is 0.0732. The van der Waals surface area contributed by atoms with Crippen molar-refractivity contribution in [1.29, 1.82) is 0 Å². The molecule has 5 rings (SSSR count). The minimum atomic E-state index is -0.105. The van der Waals surface area contributed by atoms with E-state index in [1.807, 2.05) is 23.2 Å². The number of nitrogens with zero attached hydrogens (tertiary/aromatic N) is 3. The second kappa shape index (κ2) is 7.56. The van der Waals surface area contributed by atoms with Crippen molar-refractivity contribution in [2.24, 2.45) is 5.92 Å². The number of piperidine rings is 1. The molecule has 1 N–H and O–H groups in total. The maximum Gasteiger partial charge on any atom is 0.257 e. The van der Waals surface area contributed by atoms with Gasteiger partial charge >= 0.3 is 0 Å². The van der Waals surface area contributed by atoms with Crippen LogP contribution >= 0.6 is 0 Å². The number of ether oxygens (including phenoxy) is 1. The maximum absolute atomic E-state index is 13.1. The van der Waals surface area contributed by atoms with Gasteiger partial charge in [-0.1, -0.05) is 6.07 Å². The van der Waals surface area contributed by atoms with Gasteiger partial charge < -0.3 is 14.7 Å². The molecule has 2 bridgehead atoms. The van der Waals surface area contributed by atoms with E-state index < -0.39 is 0 Å². The molecule has 2 atom stereocenters. The second-order valence-corrected chi connectivity index (χ2v) is 7.44. The van der Waals surface area contributed by atoms with Crippen molar-refractivity contribution in [1.82, 2.24) is 14.8 Å². The summed E-state index contributed by atoms with van der Waals surface area (Å²) < 4.78 is 5.11. The molecule has 3 fully saturated rings. The van der Waals surface area contributed by atoms with Crippen molar-refractivity contribution >= 4 is 5.91 Å². The van der Waals surface area contributed by atoms with Crippen LogP contribution in [0.3, 0.4) is 0 Å². The number of methoxy groups -OCH3 is 1. The van der Waals surface area contributed by atoms with Crippen LogP contribution in [0.2, 0.25) is 0 Å². The largest absolute Gasteiger partial charge is 0.507 e. The fourth-order valence-electron chi connectivity index (χ4n) is 4.23. The third-order valence-electron chi connectivity index (χ3n) is 5.64. The van der Waals surface area contributed by atoms with Gasteiger partial charge in [-0.25, -0.2) is 0 Å². The van der Waals surface area contributed by atoms with Crippen LogP contribution < -0.4 is 4.74 Å². The number of phenols is 1. The molecule has 0 saturated carbocycles. The Morgan fingerprint density at radius 2 is 2.11 bits per heavy atom. The topological polar surface area (TPSA) is 65.9 Å². The Balaban J connectivity index is 1.50. The molecule has 4 heterocycles. The lowest BCUT2D eigenvalue weighted by Gasteiger charge is -2.35. The molecular formula is C21H25N3O3. The van der Waals surface area contributed by atoms with E-state index >= 15 is 0 Å². The molecule has 6 nitrogen and oxygen atoms in total. The van der Waals surface area contributed by atoms with Crippen molar-refractivity contribution in [2.45, 2.75) is 25.4 Å². The normalized spacial score (nSPS) is 22.5. The second-order valence-electron chi connectivity index (χ2n) is 7.44. The van der Waals surface area contributed by atoms with Gasteiger partial charge in [-0.2, -0.15) is 0 Å². The number of phenolic OH excluding ortho intramolecular Hbond substituents is 1. The van der Waals surface area contributed by atoms with Crippen LogP contribution in [0.25, 0.3) is 0 Å². The van der Waals surface area contributed by atoms with E-state index in [0.29, 0.717) is 29.8 Å². The number of amides is 1. The molecule has 1 aromatic heterocycles. The molecule has 1 amide bonds. The summed E-state index contributed by atoms with van der Waals surface area (Å²) in [6, 6.07) is 11.2. The molecule has 3 saturated heterocycles. The van der Waals surface area contributed by atoms with Gasteiger partial charge in [0.25, 0.3) is 5.91 Å².